The van der Waals surface area contributed by atoms with E-state index in [1.807, 2.05) is 0 Å². The summed E-state index contributed by atoms with van der Waals surface area (Å²) >= 11 is 0. The molecule has 0 amide bonds. The number of rotatable bonds is 7. The van der Waals surface area contributed by atoms with Crippen molar-refractivity contribution in [3.8, 4) is 0 Å². The lowest BCUT2D eigenvalue weighted by Gasteiger charge is -2.32. The van der Waals surface area contributed by atoms with Crippen molar-refractivity contribution in [1.29, 1.82) is 0 Å². The summed E-state index contributed by atoms with van der Waals surface area (Å²) in [6, 6.07) is 0. The molecule has 86 valence electrons. The van der Waals surface area contributed by atoms with Crippen LogP contribution in [0.15, 0.2) is 0 Å². The van der Waals surface area contributed by atoms with E-state index in [9.17, 15) is 0 Å². The fourth-order valence-electron chi connectivity index (χ4n) is 1.27. The molecular weight excluding hydrogens is 174 g/mol. The first-order valence-corrected chi connectivity index (χ1v) is 5.50. The van der Waals surface area contributed by atoms with E-state index in [1.54, 1.807) is 0 Å². The summed E-state index contributed by atoms with van der Waals surface area (Å²) in [4.78, 5) is 2.21. The summed E-state index contributed by atoms with van der Waals surface area (Å²) < 4.78 is 0. The van der Waals surface area contributed by atoms with Gasteiger partial charge in [0.2, 0.25) is 0 Å². The quantitative estimate of drug-likeness (QED) is 0.601. The number of nitrogens with one attached hydrogen (secondary N) is 1. The van der Waals surface area contributed by atoms with E-state index in [2.05, 4.69) is 45.1 Å². The Balaban J connectivity index is 3.65. The highest BCUT2D eigenvalue weighted by Crippen LogP contribution is 2.14. The standard InChI is InChI=1S/C11H27N3/c1-10(9-12)11(2,3)13-7-6-8-14(4)5/h10,13H,6-9,12H2,1-5H3. The fraction of sp³-hybridized carbons (Fsp3) is 1.00. The summed E-state index contributed by atoms with van der Waals surface area (Å²) in [6.45, 7) is 9.59. The molecule has 0 spiro atoms. The third-order valence-electron chi connectivity index (χ3n) is 2.95. The average molecular weight is 201 g/mol. The van der Waals surface area contributed by atoms with Crippen LogP contribution in [0.25, 0.3) is 0 Å². The van der Waals surface area contributed by atoms with Crippen molar-refractivity contribution in [2.45, 2.75) is 32.7 Å². The van der Waals surface area contributed by atoms with Crippen molar-refractivity contribution in [1.82, 2.24) is 10.2 Å². The van der Waals surface area contributed by atoms with Gasteiger partial charge >= 0.3 is 0 Å². The van der Waals surface area contributed by atoms with Crippen LogP contribution in [0.4, 0.5) is 0 Å². The van der Waals surface area contributed by atoms with Gasteiger partial charge in [-0.2, -0.15) is 0 Å². The Hall–Kier alpha value is -0.120. The predicted molar refractivity (Wildman–Crippen MR) is 63.5 cm³/mol. The lowest BCUT2D eigenvalue weighted by atomic mass is 9.89. The van der Waals surface area contributed by atoms with Gasteiger partial charge in [-0.1, -0.05) is 6.92 Å². The molecule has 1 atom stereocenters. The maximum Gasteiger partial charge on any atom is 0.0162 e. The van der Waals surface area contributed by atoms with Gasteiger partial charge in [0, 0.05) is 5.54 Å². The third kappa shape index (κ3) is 5.58. The number of nitrogens with zero attached hydrogens (tertiary/aromatic N) is 1. The van der Waals surface area contributed by atoms with Crippen LogP contribution in [-0.2, 0) is 0 Å². The summed E-state index contributed by atoms with van der Waals surface area (Å²) in [5.74, 6) is 0.516. The van der Waals surface area contributed by atoms with Gasteiger partial charge in [-0.3, -0.25) is 0 Å². The summed E-state index contributed by atoms with van der Waals surface area (Å²) in [5, 5.41) is 3.56. The molecule has 0 bridgehead atoms. The molecule has 0 aromatic carbocycles. The van der Waals surface area contributed by atoms with Crippen LogP contribution >= 0.6 is 0 Å². The van der Waals surface area contributed by atoms with Crippen LogP contribution in [-0.4, -0.2) is 44.2 Å². The number of hydrogen-bond acceptors (Lipinski definition) is 3. The van der Waals surface area contributed by atoms with E-state index in [4.69, 9.17) is 5.73 Å². The highest BCUT2D eigenvalue weighted by molar-refractivity contribution is 4.83. The highest BCUT2D eigenvalue weighted by atomic mass is 15.1. The van der Waals surface area contributed by atoms with Crippen molar-refractivity contribution < 1.29 is 0 Å². The summed E-state index contributed by atoms with van der Waals surface area (Å²) in [5.41, 5.74) is 5.82. The molecule has 14 heavy (non-hydrogen) atoms. The maximum absolute atomic E-state index is 5.66. The van der Waals surface area contributed by atoms with Crippen molar-refractivity contribution in [3.63, 3.8) is 0 Å². The Bertz CT molecular complexity index is 143. The van der Waals surface area contributed by atoms with Gasteiger partial charge in [-0.05, 0) is 59.9 Å². The Morgan fingerprint density at radius 2 is 1.93 bits per heavy atom. The van der Waals surface area contributed by atoms with Gasteiger partial charge in [0.15, 0.2) is 0 Å². The van der Waals surface area contributed by atoms with Crippen LogP contribution in [0.2, 0.25) is 0 Å². The second-order valence-electron chi connectivity index (χ2n) is 4.94. The molecule has 0 aromatic rings. The van der Waals surface area contributed by atoms with E-state index in [0.29, 0.717) is 5.92 Å². The number of nitrogens with two attached hydrogens (primary N) is 1. The Morgan fingerprint density at radius 1 is 1.36 bits per heavy atom. The molecule has 0 aliphatic carbocycles. The van der Waals surface area contributed by atoms with E-state index < -0.39 is 0 Å². The first kappa shape index (κ1) is 13.9. The van der Waals surface area contributed by atoms with Crippen LogP contribution < -0.4 is 11.1 Å². The smallest absolute Gasteiger partial charge is 0.0162 e. The average Bonchev–Trinajstić information content (AvgIpc) is 2.10. The van der Waals surface area contributed by atoms with E-state index >= 15 is 0 Å². The molecule has 3 heteroatoms. The molecule has 0 fully saturated rings. The lowest BCUT2D eigenvalue weighted by molar-refractivity contribution is 0.268. The second-order valence-corrected chi connectivity index (χ2v) is 4.94. The van der Waals surface area contributed by atoms with Crippen LogP contribution in [0.5, 0.6) is 0 Å². The van der Waals surface area contributed by atoms with Crippen molar-refractivity contribution >= 4 is 0 Å². The molecule has 0 aliphatic rings. The molecule has 0 heterocycles. The molecule has 0 saturated carbocycles. The SMILES string of the molecule is CC(CN)C(C)(C)NCCCN(C)C. The normalized spacial score (nSPS) is 14.8. The second kappa shape index (κ2) is 6.38. The summed E-state index contributed by atoms with van der Waals surface area (Å²) in [7, 11) is 4.21. The molecule has 0 rings (SSSR count). The van der Waals surface area contributed by atoms with Crippen molar-refractivity contribution in [3.05, 3.63) is 0 Å². The topological polar surface area (TPSA) is 41.3 Å². The maximum atomic E-state index is 5.66. The van der Waals surface area contributed by atoms with E-state index in [0.717, 1.165) is 19.6 Å². The Labute approximate surface area is 89.0 Å². The first-order chi connectivity index (χ1) is 6.40. The molecule has 0 aromatic heterocycles. The van der Waals surface area contributed by atoms with Gasteiger partial charge in [0.1, 0.15) is 0 Å². The van der Waals surface area contributed by atoms with Gasteiger partial charge in [0.05, 0.1) is 0 Å². The van der Waals surface area contributed by atoms with Crippen molar-refractivity contribution in [2.75, 3.05) is 33.7 Å². The minimum atomic E-state index is 0.154. The third-order valence-corrected chi connectivity index (χ3v) is 2.95. The molecule has 1 unspecified atom stereocenters. The van der Waals surface area contributed by atoms with E-state index in [1.165, 1.54) is 6.42 Å². The van der Waals surface area contributed by atoms with Crippen LogP contribution in [0, 0.1) is 5.92 Å². The largest absolute Gasteiger partial charge is 0.330 e. The van der Waals surface area contributed by atoms with Gasteiger partial charge < -0.3 is 16.0 Å². The van der Waals surface area contributed by atoms with Crippen LogP contribution in [0.3, 0.4) is 0 Å². The monoisotopic (exact) mass is 201 g/mol. The molecule has 0 saturated heterocycles. The molecule has 0 aliphatic heterocycles. The van der Waals surface area contributed by atoms with Gasteiger partial charge in [-0.15, -0.1) is 0 Å². The summed E-state index contributed by atoms with van der Waals surface area (Å²) in [6.07, 6.45) is 1.19. The zero-order valence-electron chi connectivity index (χ0n) is 10.4. The van der Waals surface area contributed by atoms with Crippen molar-refractivity contribution in [2.24, 2.45) is 11.7 Å². The van der Waals surface area contributed by atoms with E-state index in [-0.39, 0.29) is 5.54 Å². The predicted octanol–water partition coefficient (Wildman–Crippen LogP) is 0.901. The highest BCUT2D eigenvalue weighted by Gasteiger charge is 2.23. The molecule has 0 radical (unpaired) electrons. The molecule has 3 nitrogen and oxygen atoms in total. The van der Waals surface area contributed by atoms with Crippen LogP contribution in [0.1, 0.15) is 27.2 Å². The Kier molecular flexibility index (Phi) is 6.33. The minimum absolute atomic E-state index is 0.154. The minimum Gasteiger partial charge on any atom is -0.330 e. The number of hydrogen-bond donors (Lipinski definition) is 2. The zero-order valence-corrected chi connectivity index (χ0v) is 10.4. The lowest BCUT2D eigenvalue weighted by Crippen LogP contribution is -2.48. The van der Waals surface area contributed by atoms with Gasteiger partial charge in [-0.25, -0.2) is 0 Å². The Morgan fingerprint density at radius 3 is 2.36 bits per heavy atom. The molecule has 3 N–H and O–H groups in total. The molecular formula is C11H27N3. The van der Waals surface area contributed by atoms with Gasteiger partial charge in [0.25, 0.3) is 0 Å². The zero-order chi connectivity index (χ0) is 11.2. The fourth-order valence-corrected chi connectivity index (χ4v) is 1.27. The first-order valence-electron chi connectivity index (χ1n) is 5.50.